The molecule has 66 valence electrons. The van der Waals surface area contributed by atoms with Gasteiger partial charge in [-0.3, -0.25) is 0 Å². The lowest BCUT2D eigenvalue weighted by Crippen LogP contribution is -2.29. The first-order valence-corrected chi connectivity index (χ1v) is 4.15. The molecule has 0 aromatic heterocycles. The van der Waals surface area contributed by atoms with Gasteiger partial charge in [-0.15, -0.1) is 0 Å². The Bertz CT molecular complexity index is 125. The molecule has 11 heavy (non-hydrogen) atoms. The number of rotatable bonds is 5. The molecule has 3 heteroatoms. The van der Waals surface area contributed by atoms with Crippen molar-refractivity contribution in [2.75, 3.05) is 6.54 Å². The Labute approximate surface area is 73.3 Å². The van der Waals surface area contributed by atoms with Crippen molar-refractivity contribution in [3.05, 3.63) is 11.6 Å². The van der Waals surface area contributed by atoms with Gasteiger partial charge in [0.15, 0.2) is 0 Å². The van der Waals surface area contributed by atoms with Crippen LogP contribution in [0.4, 0.5) is 0 Å². The van der Waals surface area contributed by atoms with Crippen LogP contribution in [0, 0.1) is 0 Å². The van der Waals surface area contributed by atoms with Crippen molar-refractivity contribution in [1.82, 2.24) is 5.32 Å². The number of hydrogen-bond donors (Lipinski definition) is 2. The van der Waals surface area contributed by atoms with Crippen LogP contribution in [0.5, 0.6) is 0 Å². The lowest BCUT2D eigenvalue weighted by Gasteiger charge is -2.14. The molecule has 0 saturated carbocycles. The van der Waals surface area contributed by atoms with Gasteiger partial charge in [0.05, 0.1) is 6.10 Å². The van der Waals surface area contributed by atoms with Gasteiger partial charge in [0, 0.05) is 17.6 Å². The van der Waals surface area contributed by atoms with Crippen LogP contribution in [0.25, 0.3) is 0 Å². The van der Waals surface area contributed by atoms with E-state index in [-0.39, 0.29) is 12.1 Å². The standard InChI is InChI=1S/C8H16ClNO/c1-6(9)5-10-7(2)4-8(3)11/h7-8,10-11H,1,4-5H2,2-3H3. The summed E-state index contributed by atoms with van der Waals surface area (Å²) in [5.74, 6) is 0. The van der Waals surface area contributed by atoms with Gasteiger partial charge < -0.3 is 10.4 Å². The van der Waals surface area contributed by atoms with Crippen molar-refractivity contribution < 1.29 is 5.11 Å². The highest BCUT2D eigenvalue weighted by atomic mass is 35.5. The van der Waals surface area contributed by atoms with Crippen LogP contribution in [0.15, 0.2) is 11.6 Å². The third-order valence-electron chi connectivity index (χ3n) is 1.34. The van der Waals surface area contributed by atoms with Gasteiger partial charge in [-0.25, -0.2) is 0 Å². The first-order chi connectivity index (χ1) is 5.02. The molecule has 0 bridgehead atoms. The SMILES string of the molecule is C=C(Cl)CNC(C)CC(C)O. The van der Waals surface area contributed by atoms with Crippen LogP contribution in [0.2, 0.25) is 0 Å². The zero-order chi connectivity index (χ0) is 8.85. The van der Waals surface area contributed by atoms with Crippen molar-refractivity contribution in [2.45, 2.75) is 32.4 Å². The molecule has 0 aliphatic heterocycles. The molecular formula is C8H16ClNO. The van der Waals surface area contributed by atoms with Crippen molar-refractivity contribution >= 4 is 11.6 Å². The molecule has 0 fully saturated rings. The molecule has 0 heterocycles. The van der Waals surface area contributed by atoms with Gasteiger partial charge in [0.1, 0.15) is 0 Å². The molecular weight excluding hydrogens is 162 g/mol. The van der Waals surface area contributed by atoms with Crippen molar-refractivity contribution in [1.29, 1.82) is 0 Å². The molecule has 2 nitrogen and oxygen atoms in total. The van der Waals surface area contributed by atoms with Gasteiger partial charge in [-0.05, 0) is 20.3 Å². The van der Waals surface area contributed by atoms with E-state index in [1.165, 1.54) is 0 Å². The van der Waals surface area contributed by atoms with Gasteiger partial charge in [0.25, 0.3) is 0 Å². The second-order valence-electron chi connectivity index (χ2n) is 2.88. The molecule has 2 atom stereocenters. The summed E-state index contributed by atoms with van der Waals surface area (Å²) in [6.45, 7) is 7.93. The summed E-state index contributed by atoms with van der Waals surface area (Å²) in [4.78, 5) is 0. The fourth-order valence-corrected chi connectivity index (χ4v) is 0.957. The first-order valence-electron chi connectivity index (χ1n) is 3.77. The highest BCUT2D eigenvalue weighted by molar-refractivity contribution is 6.29. The molecule has 0 rings (SSSR count). The third kappa shape index (κ3) is 7.85. The van der Waals surface area contributed by atoms with E-state index in [9.17, 15) is 0 Å². The predicted molar refractivity (Wildman–Crippen MR) is 48.8 cm³/mol. The van der Waals surface area contributed by atoms with Gasteiger partial charge in [-0.1, -0.05) is 18.2 Å². The maximum absolute atomic E-state index is 8.99. The molecule has 0 aliphatic carbocycles. The Morgan fingerprint density at radius 1 is 1.64 bits per heavy atom. The summed E-state index contributed by atoms with van der Waals surface area (Å²) in [6, 6.07) is 0.283. The Morgan fingerprint density at radius 3 is 2.55 bits per heavy atom. The molecule has 0 radical (unpaired) electrons. The van der Waals surface area contributed by atoms with Gasteiger partial charge in [-0.2, -0.15) is 0 Å². The monoisotopic (exact) mass is 177 g/mol. The van der Waals surface area contributed by atoms with Crippen LogP contribution < -0.4 is 5.32 Å². The Morgan fingerprint density at radius 2 is 2.18 bits per heavy atom. The number of hydrogen-bond acceptors (Lipinski definition) is 2. The van der Waals surface area contributed by atoms with Gasteiger partial charge >= 0.3 is 0 Å². The van der Waals surface area contributed by atoms with Crippen LogP contribution in [0.3, 0.4) is 0 Å². The molecule has 0 aliphatic rings. The van der Waals surface area contributed by atoms with E-state index < -0.39 is 0 Å². The fourth-order valence-electron chi connectivity index (χ4n) is 0.880. The minimum atomic E-state index is -0.263. The molecule has 2 N–H and O–H groups in total. The third-order valence-corrected chi connectivity index (χ3v) is 1.47. The Hall–Kier alpha value is -0.0500. The van der Waals surface area contributed by atoms with Crippen molar-refractivity contribution in [2.24, 2.45) is 0 Å². The van der Waals surface area contributed by atoms with Crippen LogP contribution in [-0.4, -0.2) is 23.8 Å². The second-order valence-corrected chi connectivity index (χ2v) is 3.42. The normalized spacial score (nSPS) is 16.0. The number of aliphatic hydroxyl groups excluding tert-OH is 1. The second kappa shape index (κ2) is 5.58. The first kappa shape index (κ1) is 11.0. The predicted octanol–water partition coefficient (Wildman–Crippen LogP) is 1.49. The summed E-state index contributed by atoms with van der Waals surface area (Å²) in [6.07, 6.45) is 0.477. The summed E-state index contributed by atoms with van der Waals surface area (Å²) >= 11 is 5.54. The zero-order valence-electron chi connectivity index (χ0n) is 7.10. The summed E-state index contributed by atoms with van der Waals surface area (Å²) in [5, 5.41) is 12.7. The van der Waals surface area contributed by atoms with E-state index in [1.807, 2.05) is 6.92 Å². The average molecular weight is 178 g/mol. The van der Waals surface area contributed by atoms with Crippen LogP contribution in [-0.2, 0) is 0 Å². The highest BCUT2D eigenvalue weighted by Gasteiger charge is 2.04. The van der Waals surface area contributed by atoms with Crippen molar-refractivity contribution in [3.8, 4) is 0 Å². The minimum absolute atomic E-state index is 0.263. The number of aliphatic hydroxyl groups is 1. The lowest BCUT2D eigenvalue weighted by molar-refractivity contribution is 0.171. The van der Waals surface area contributed by atoms with E-state index >= 15 is 0 Å². The summed E-state index contributed by atoms with van der Waals surface area (Å²) < 4.78 is 0. The Balaban J connectivity index is 3.37. The highest BCUT2D eigenvalue weighted by Crippen LogP contribution is 1.99. The maximum Gasteiger partial charge on any atom is 0.0526 e. The zero-order valence-corrected chi connectivity index (χ0v) is 7.86. The summed E-state index contributed by atoms with van der Waals surface area (Å²) in [5.41, 5.74) is 0. The number of halogens is 1. The van der Waals surface area contributed by atoms with E-state index in [4.69, 9.17) is 16.7 Å². The molecule has 0 saturated heterocycles. The van der Waals surface area contributed by atoms with E-state index in [0.717, 1.165) is 6.42 Å². The molecule has 0 spiro atoms. The minimum Gasteiger partial charge on any atom is -0.393 e. The van der Waals surface area contributed by atoms with Gasteiger partial charge in [0.2, 0.25) is 0 Å². The van der Waals surface area contributed by atoms with E-state index in [2.05, 4.69) is 11.9 Å². The molecule has 0 amide bonds. The number of nitrogens with one attached hydrogen (secondary N) is 1. The maximum atomic E-state index is 8.99. The van der Waals surface area contributed by atoms with E-state index in [1.54, 1.807) is 6.92 Å². The Kier molecular flexibility index (Phi) is 5.56. The fraction of sp³-hybridized carbons (Fsp3) is 0.750. The van der Waals surface area contributed by atoms with E-state index in [0.29, 0.717) is 11.6 Å². The quantitative estimate of drug-likeness (QED) is 0.667. The molecule has 0 aromatic rings. The lowest BCUT2D eigenvalue weighted by atomic mass is 10.1. The molecule has 2 unspecified atom stereocenters. The van der Waals surface area contributed by atoms with Crippen molar-refractivity contribution in [3.63, 3.8) is 0 Å². The topological polar surface area (TPSA) is 32.3 Å². The molecule has 0 aromatic carbocycles. The van der Waals surface area contributed by atoms with Crippen LogP contribution >= 0.6 is 11.6 Å². The smallest absolute Gasteiger partial charge is 0.0526 e. The van der Waals surface area contributed by atoms with Crippen LogP contribution in [0.1, 0.15) is 20.3 Å². The average Bonchev–Trinajstić information content (AvgIpc) is 1.82. The summed E-state index contributed by atoms with van der Waals surface area (Å²) in [7, 11) is 0. The largest absolute Gasteiger partial charge is 0.393 e.